The summed E-state index contributed by atoms with van der Waals surface area (Å²) in [5, 5.41) is 2.80. The summed E-state index contributed by atoms with van der Waals surface area (Å²) in [6, 6.07) is 26.5. The molecule has 3 aromatic carbocycles. The first-order chi connectivity index (χ1) is 17.1. The number of amides is 1. The highest BCUT2D eigenvalue weighted by molar-refractivity contribution is 7.92. The zero-order chi connectivity index (χ0) is 25.8. The number of para-hydroxylation sites is 1. The van der Waals surface area contributed by atoms with Crippen molar-refractivity contribution in [3.05, 3.63) is 120 Å². The Morgan fingerprint density at radius 3 is 2.11 bits per heavy atom. The second-order valence-electron chi connectivity index (χ2n) is 9.51. The first kappa shape index (κ1) is 25.1. The van der Waals surface area contributed by atoms with Gasteiger partial charge in [0.15, 0.2) is 0 Å². The van der Waals surface area contributed by atoms with Gasteiger partial charge in [0.2, 0.25) is 0 Å². The fraction of sp³-hybridized carbons (Fsp3) is 0.172. The molecule has 0 aliphatic rings. The van der Waals surface area contributed by atoms with E-state index in [4.69, 9.17) is 0 Å². The van der Waals surface area contributed by atoms with Gasteiger partial charge in [-0.05, 0) is 65.1 Å². The van der Waals surface area contributed by atoms with Crippen LogP contribution in [0.1, 0.15) is 42.3 Å². The third-order valence-corrected chi connectivity index (χ3v) is 7.60. The zero-order valence-electron chi connectivity index (χ0n) is 20.5. The molecule has 0 radical (unpaired) electrons. The van der Waals surface area contributed by atoms with E-state index in [0.717, 1.165) is 11.1 Å². The van der Waals surface area contributed by atoms with Crippen LogP contribution in [0.5, 0.6) is 0 Å². The SMILES string of the molecule is CC(C)(C)c1ccc(S(=O)(=O)N(Cc2ccc(C(=O)Nc3cccnc3)cc2)c2ccccc2)cc1. The van der Waals surface area contributed by atoms with Crippen LogP contribution in [0.25, 0.3) is 0 Å². The van der Waals surface area contributed by atoms with E-state index in [1.54, 1.807) is 73.1 Å². The Balaban J connectivity index is 1.60. The van der Waals surface area contributed by atoms with Crippen molar-refractivity contribution in [2.45, 2.75) is 37.6 Å². The lowest BCUT2D eigenvalue weighted by molar-refractivity contribution is 0.102. The molecule has 0 saturated heterocycles. The van der Waals surface area contributed by atoms with Gasteiger partial charge < -0.3 is 5.32 Å². The summed E-state index contributed by atoms with van der Waals surface area (Å²) in [5.74, 6) is -0.263. The first-order valence-electron chi connectivity index (χ1n) is 11.6. The highest BCUT2D eigenvalue weighted by atomic mass is 32.2. The van der Waals surface area contributed by atoms with Crippen LogP contribution in [0.2, 0.25) is 0 Å². The largest absolute Gasteiger partial charge is 0.321 e. The van der Waals surface area contributed by atoms with Crippen molar-refractivity contribution < 1.29 is 13.2 Å². The number of aromatic nitrogens is 1. The first-order valence-corrected chi connectivity index (χ1v) is 13.1. The van der Waals surface area contributed by atoms with Crippen LogP contribution in [0, 0.1) is 0 Å². The number of benzene rings is 3. The molecule has 0 bridgehead atoms. The third-order valence-electron chi connectivity index (χ3n) is 5.81. The summed E-state index contributed by atoms with van der Waals surface area (Å²) in [6.45, 7) is 6.40. The number of hydrogen-bond donors (Lipinski definition) is 1. The third kappa shape index (κ3) is 5.80. The number of nitrogens with zero attached hydrogens (tertiary/aromatic N) is 2. The van der Waals surface area contributed by atoms with Crippen LogP contribution >= 0.6 is 0 Å². The maximum absolute atomic E-state index is 13.7. The number of pyridine rings is 1. The molecule has 0 atom stereocenters. The lowest BCUT2D eigenvalue weighted by atomic mass is 9.87. The zero-order valence-corrected chi connectivity index (χ0v) is 21.4. The number of sulfonamides is 1. The van der Waals surface area contributed by atoms with Gasteiger partial charge in [-0.25, -0.2) is 8.42 Å². The number of rotatable bonds is 7. The monoisotopic (exact) mass is 499 g/mol. The summed E-state index contributed by atoms with van der Waals surface area (Å²) in [6.07, 6.45) is 3.21. The molecule has 1 heterocycles. The molecule has 1 amide bonds. The molecular weight excluding hydrogens is 470 g/mol. The van der Waals surface area contributed by atoms with Gasteiger partial charge >= 0.3 is 0 Å². The molecule has 0 spiro atoms. The minimum Gasteiger partial charge on any atom is -0.321 e. The quantitative estimate of drug-likeness (QED) is 0.337. The van der Waals surface area contributed by atoms with Crippen molar-refractivity contribution in [1.82, 2.24) is 4.98 Å². The maximum atomic E-state index is 13.7. The number of nitrogens with one attached hydrogen (secondary N) is 1. The van der Waals surface area contributed by atoms with Gasteiger partial charge in [-0.15, -0.1) is 0 Å². The maximum Gasteiger partial charge on any atom is 0.264 e. The van der Waals surface area contributed by atoms with Gasteiger partial charge in [0.1, 0.15) is 0 Å². The van der Waals surface area contributed by atoms with Crippen LogP contribution in [0.15, 0.2) is 108 Å². The van der Waals surface area contributed by atoms with E-state index in [2.05, 4.69) is 31.1 Å². The number of anilines is 2. The topological polar surface area (TPSA) is 79.4 Å². The second kappa shape index (κ2) is 10.3. The second-order valence-corrected chi connectivity index (χ2v) is 11.4. The van der Waals surface area contributed by atoms with Crippen molar-refractivity contribution in [3.8, 4) is 0 Å². The highest BCUT2D eigenvalue weighted by Crippen LogP contribution is 2.28. The Bertz CT molecular complexity index is 1410. The van der Waals surface area contributed by atoms with Gasteiger partial charge in [0.25, 0.3) is 15.9 Å². The lowest BCUT2D eigenvalue weighted by Crippen LogP contribution is -2.30. The Kier molecular flexibility index (Phi) is 7.22. The summed E-state index contributed by atoms with van der Waals surface area (Å²) in [7, 11) is -3.83. The molecular formula is C29H29N3O3S. The van der Waals surface area contributed by atoms with Crippen LogP contribution in [0.4, 0.5) is 11.4 Å². The summed E-state index contributed by atoms with van der Waals surface area (Å²) >= 11 is 0. The van der Waals surface area contributed by atoms with Crippen molar-refractivity contribution in [2.75, 3.05) is 9.62 Å². The van der Waals surface area contributed by atoms with Crippen LogP contribution in [-0.2, 0) is 22.0 Å². The van der Waals surface area contributed by atoms with Gasteiger partial charge in [-0.3, -0.25) is 14.1 Å². The number of carbonyl (C=O) groups is 1. The number of hydrogen-bond acceptors (Lipinski definition) is 4. The van der Waals surface area contributed by atoms with Gasteiger partial charge in [-0.2, -0.15) is 0 Å². The van der Waals surface area contributed by atoms with Crippen molar-refractivity contribution in [2.24, 2.45) is 0 Å². The van der Waals surface area contributed by atoms with E-state index in [0.29, 0.717) is 16.9 Å². The molecule has 0 unspecified atom stereocenters. The van der Waals surface area contributed by atoms with Crippen molar-refractivity contribution in [3.63, 3.8) is 0 Å². The van der Waals surface area contributed by atoms with Crippen LogP contribution in [-0.4, -0.2) is 19.3 Å². The van der Waals surface area contributed by atoms with Crippen molar-refractivity contribution >= 4 is 27.3 Å². The normalized spacial score (nSPS) is 11.6. The van der Waals surface area contributed by atoms with Gasteiger partial charge in [-0.1, -0.05) is 63.2 Å². The minimum atomic E-state index is -3.83. The average Bonchev–Trinajstić information content (AvgIpc) is 2.88. The Morgan fingerprint density at radius 1 is 0.861 bits per heavy atom. The predicted molar refractivity (Wildman–Crippen MR) is 144 cm³/mol. The molecule has 4 rings (SSSR count). The average molecular weight is 500 g/mol. The molecule has 36 heavy (non-hydrogen) atoms. The van der Waals surface area contributed by atoms with Crippen LogP contribution in [0.3, 0.4) is 0 Å². The Hall–Kier alpha value is -3.97. The molecule has 1 N–H and O–H groups in total. The van der Waals surface area contributed by atoms with Gasteiger partial charge in [0, 0.05) is 11.8 Å². The Labute approximate surface area is 212 Å². The van der Waals surface area contributed by atoms with E-state index >= 15 is 0 Å². The highest BCUT2D eigenvalue weighted by Gasteiger charge is 2.26. The smallest absolute Gasteiger partial charge is 0.264 e. The molecule has 184 valence electrons. The molecule has 1 aromatic heterocycles. The van der Waals surface area contributed by atoms with E-state index in [9.17, 15) is 13.2 Å². The summed E-state index contributed by atoms with van der Waals surface area (Å²) in [5.41, 5.74) is 3.38. The van der Waals surface area contributed by atoms with E-state index < -0.39 is 10.0 Å². The van der Waals surface area contributed by atoms with Gasteiger partial charge in [0.05, 0.1) is 29.0 Å². The number of carbonyl (C=O) groups excluding carboxylic acids is 1. The molecule has 6 nitrogen and oxygen atoms in total. The molecule has 0 aliphatic heterocycles. The molecule has 0 aliphatic carbocycles. The molecule has 7 heteroatoms. The summed E-state index contributed by atoms with van der Waals surface area (Å²) < 4.78 is 28.9. The Morgan fingerprint density at radius 2 is 1.53 bits per heavy atom. The fourth-order valence-corrected chi connectivity index (χ4v) is 5.18. The standard InChI is InChI=1S/C29H29N3O3S/c1-29(2,3)24-15-17-27(18-16-24)36(34,35)32(26-9-5-4-6-10-26)21-22-11-13-23(14-12-22)28(33)31-25-8-7-19-30-20-25/h4-20H,21H2,1-3H3,(H,31,33). The fourth-order valence-electron chi connectivity index (χ4n) is 3.73. The van der Waals surface area contributed by atoms with E-state index in [1.807, 2.05) is 30.3 Å². The predicted octanol–water partition coefficient (Wildman–Crippen LogP) is 6.03. The van der Waals surface area contributed by atoms with E-state index in [-0.39, 0.29) is 22.8 Å². The summed E-state index contributed by atoms with van der Waals surface area (Å²) in [4.78, 5) is 16.8. The molecule has 0 saturated carbocycles. The molecule has 4 aromatic rings. The van der Waals surface area contributed by atoms with Crippen LogP contribution < -0.4 is 9.62 Å². The van der Waals surface area contributed by atoms with Crippen molar-refractivity contribution in [1.29, 1.82) is 0 Å². The lowest BCUT2D eigenvalue weighted by Gasteiger charge is -2.25. The minimum absolute atomic E-state index is 0.0769. The molecule has 0 fully saturated rings. The van der Waals surface area contributed by atoms with E-state index in [1.165, 1.54) is 4.31 Å².